The molecule has 0 spiro atoms. The van der Waals surface area contributed by atoms with Gasteiger partial charge >= 0.3 is 0 Å². The number of rotatable bonds is 4. The van der Waals surface area contributed by atoms with Gasteiger partial charge in [-0.05, 0) is 53.6 Å². The van der Waals surface area contributed by atoms with Crippen molar-refractivity contribution in [2.75, 3.05) is 0 Å². The SMILES string of the molecule is CC.Oc1cccc2c1c1ccccc1n2-c1cccc(-c2cc(-c3ccccc3)nc(-c3ccccc3)c2)c1. The number of aromatic nitrogens is 2. The second kappa shape index (κ2) is 10.9. The topological polar surface area (TPSA) is 38.0 Å². The highest BCUT2D eigenvalue weighted by molar-refractivity contribution is 6.12. The number of aromatic hydroxyl groups is 1. The van der Waals surface area contributed by atoms with Gasteiger partial charge in [0.05, 0.1) is 22.4 Å². The van der Waals surface area contributed by atoms with E-state index in [1.54, 1.807) is 6.07 Å². The molecule has 0 amide bonds. The number of phenolic OH excluding ortho intramolecular Hbond substituents is 1. The van der Waals surface area contributed by atoms with Crippen molar-refractivity contribution < 1.29 is 5.11 Å². The Balaban J connectivity index is 0.00000142. The van der Waals surface area contributed by atoms with Gasteiger partial charge in [0.1, 0.15) is 5.75 Å². The van der Waals surface area contributed by atoms with E-state index in [0.29, 0.717) is 5.75 Å². The second-order valence-corrected chi connectivity index (χ2v) is 9.43. The van der Waals surface area contributed by atoms with Gasteiger partial charge in [0.2, 0.25) is 0 Å². The van der Waals surface area contributed by atoms with Gasteiger partial charge < -0.3 is 9.67 Å². The molecule has 2 heterocycles. The third-order valence-electron chi connectivity index (χ3n) is 7.08. The molecule has 194 valence electrons. The third kappa shape index (κ3) is 4.52. The molecule has 2 aromatic heterocycles. The summed E-state index contributed by atoms with van der Waals surface area (Å²) < 4.78 is 2.23. The molecule has 5 aromatic carbocycles. The molecular weight excluding hydrogens is 488 g/mol. The highest BCUT2D eigenvalue weighted by Gasteiger charge is 2.15. The van der Waals surface area contributed by atoms with Gasteiger partial charge in [0, 0.05) is 27.6 Å². The Morgan fingerprint density at radius 3 is 1.73 bits per heavy atom. The number of fused-ring (bicyclic) bond motifs is 3. The van der Waals surface area contributed by atoms with Gasteiger partial charge in [-0.2, -0.15) is 0 Å². The first-order chi connectivity index (χ1) is 19.8. The van der Waals surface area contributed by atoms with Crippen LogP contribution in [0.25, 0.3) is 61.1 Å². The summed E-state index contributed by atoms with van der Waals surface area (Å²) in [6, 6.07) is 47.5. The van der Waals surface area contributed by atoms with Crippen molar-refractivity contribution in [2.24, 2.45) is 0 Å². The van der Waals surface area contributed by atoms with Gasteiger partial charge in [0.25, 0.3) is 0 Å². The number of benzene rings is 5. The van der Waals surface area contributed by atoms with Crippen molar-refractivity contribution in [3.05, 3.63) is 140 Å². The number of hydrogen-bond donors (Lipinski definition) is 1. The molecule has 0 fully saturated rings. The van der Waals surface area contributed by atoms with Crippen molar-refractivity contribution in [3.63, 3.8) is 0 Å². The first-order valence-electron chi connectivity index (χ1n) is 13.7. The number of para-hydroxylation sites is 1. The monoisotopic (exact) mass is 518 g/mol. The van der Waals surface area contributed by atoms with E-state index in [0.717, 1.165) is 61.1 Å². The minimum absolute atomic E-state index is 0.294. The van der Waals surface area contributed by atoms with Crippen molar-refractivity contribution in [1.29, 1.82) is 0 Å². The summed E-state index contributed by atoms with van der Waals surface area (Å²) in [4.78, 5) is 5.03. The van der Waals surface area contributed by atoms with Crippen LogP contribution >= 0.6 is 0 Å². The molecular formula is C37H30N2O. The predicted molar refractivity (Wildman–Crippen MR) is 168 cm³/mol. The molecule has 3 heteroatoms. The summed E-state index contributed by atoms with van der Waals surface area (Å²) in [6.45, 7) is 4.00. The molecule has 7 aromatic rings. The number of nitrogens with zero attached hydrogens (tertiary/aromatic N) is 2. The van der Waals surface area contributed by atoms with E-state index in [1.165, 1.54) is 0 Å². The maximum absolute atomic E-state index is 10.7. The Morgan fingerprint density at radius 1 is 0.500 bits per heavy atom. The normalized spacial score (nSPS) is 10.8. The highest BCUT2D eigenvalue weighted by Crippen LogP contribution is 2.38. The fourth-order valence-electron chi connectivity index (χ4n) is 5.31. The Bertz CT molecular complexity index is 1860. The van der Waals surface area contributed by atoms with Gasteiger partial charge in [0.15, 0.2) is 0 Å². The lowest BCUT2D eigenvalue weighted by molar-refractivity contribution is 0.482. The van der Waals surface area contributed by atoms with Crippen LogP contribution in [0.5, 0.6) is 5.75 Å². The average Bonchev–Trinajstić information content (AvgIpc) is 3.38. The Kier molecular flexibility index (Phi) is 6.86. The lowest BCUT2D eigenvalue weighted by Gasteiger charge is -2.13. The van der Waals surface area contributed by atoms with E-state index in [1.807, 2.05) is 68.4 Å². The molecule has 0 aliphatic carbocycles. The molecule has 40 heavy (non-hydrogen) atoms. The van der Waals surface area contributed by atoms with Crippen LogP contribution in [0.3, 0.4) is 0 Å². The van der Waals surface area contributed by atoms with Crippen LogP contribution in [-0.2, 0) is 0 Å². The van der Waals surface area contributed by atoms with Crippen LogP contribution in [0, 0.1) is 0 Å². The Morgan fingerprint density at radius 2 is 1.05 bits per heavy atom. The van der Waals surface area contributed by atoms with E-state index in [-0.39, 0.29) is 0 Å². The maximum atomic E-state index is 10.7. The molecule has 0 atom stereocenters. The molecule has 0 unspecified atom stereocenters. The maximum Gasteiger partial charge on any atom is 0.125 e. The van der Waals surface area contributed by atoms with Gasteiger partial charge in [-0.25, -0.2) is 4.98 Å². The first-order valence-corrected chi connectivity index (χ1v) is 13.7. The molecule has 0 saturated heterocycles. The Labute approximate surface area is 234 Å². The van der Waals surface area contributed by atoms with Crippen molar-refractivity contribution in [2.45, 2.75) is 13.8 Å². The predicted octanol–water partition coefficient (Wildman–Crippen LogP) is 9.91. The van der Waals surface area contributed by atoms with Crippen LogP contribution in [0.15, 0.2) is 140 Å². The Hall–Kier alpha value is -5.15. The minimum atomic E-state index is 0.294. The summed E-state index contributed by atoms with van der Waals surface area (Å²) in [5, 5.41) is 12.6. The van der Waals surface area contributed by atoms with Gasteiger partial charge in [-0.1, -0.05) is 111 Å². The molecule has 1 N–H and O–H groups in total. The van der Waals surface area contributed by atoms with E-state index in [2.05, 4.69) is 83.4 Å². The van der Waals surface area contributed by atoms with E-state index in [4.69, 9.17) is 4.98 Å². The van der Waals surface area contributed by atoms with Crippen molar-refractivity contribution in [3.8, 4) is 45.1 Å². The van der Waals surface area contributed by atoms with Gasteiger partial charge in [-0.3, -0.25) is 0 Å². The number of pyridine rings is 1. The van der Waals surface area contributed by atoms with Crippen molar-refractivity contribution in [1.82, 2.24) is 9.55 Å². The highest BCUT2D eigenvalue weighted by atomic mass is 16.3. The minimum Gasteiger partial charge on any atom is -0.507 e. The first kappa shape index (κ1) is 25.1. The molecule has 0 aliphatic heterocycles. The number of hydrogen-bond acceptors (Lipinski definition) is 2. The summed E-state index contributed by atoms with van der Waals surface area (Å²) in [7, 11) is 0. The summed E-state index contributed by atoms with van der Waals surface area (Å²) in [5.41, 5.74) is 9.33. The smallest absolute Gasteiger partial charge is 0.125 e. The van der Waals surface area contributed by atoms with E-state index >= 15 is 0 Å². The van der Waals surface area contributed by atoms with Crippen LogP contribution in [0.1, 0.15) is 13.8 Å². The average molecular weight is 519 g/mol. The summed E-state index contributed by atoms with van der Waals surface area (Å²) in [5.74, 6) is 0.294. The lowest BCUT2D eigenvalue weighted by atomic mass is 9.99. The standard InChI is InChI=1S/C35H24N2O.C2H6/c38-34-20-10-19-33-35(34)29-17-7-8-18-32(29)37(33)28-16-9-15-26(21-28)27-22-30(24-11-3-1-4-12-24)36-31(23-27)25-13-5-2-6-14-25;1-2/h1-23,38H;1-2H3. The third-order valence-corrected chi connectivity index (χ3v) is 7.08. The molecule has 3 nitrogen and oxygen atoms in total. The van der Waals surface area contributed by atoms with Gasteiger partial charge in [-0.15, -0.1) is 0 Å². The largest absolute Gasteiger partial charge is 0.507 e. The van der Waals surface area contributed by atoms with Crippen molar-refractivity contribution >= 4 is 21.8 Å². The molecule has 0 bridgehead atoms. The fraction of sp³-hybridized carbons (Fsp3) is 0.0541. The zero-order valence-electron chi connectivity index (χ0n) is 22.6. The molecule has 7 rings (SSSR count). The van der Waals surface area contributed by atoms with Crippen LogP contribution < -0.4 is 0 Å². The van der Waals surface area contributed by atoms with Crippen LogP contribution in [0.2, 0.25) is 0 Å². The summed E-state index contributed by atoms with van der Waals surface area (Å²) in [6.07, 6.45) is 0. The molecule has 0 radical (unpaired) electrons. The van der Waals surface area contributed by atoms with E-state index in [9.17, 15) is 5.11 Å². The summed E-state index contributed by atoms with van der Waals surface area (Å²) >= 11 is 0. The molecule has 0 saturated carbocycles. The number of phenols is 1. The van der Waals surface area contributed by atoms with E-state index < -0.39 is 0 Å². The van der Waals surface area contributed by atoms with Crippen LogP contribution in [0.4, 0.5) is 0 Å². The fourth-order valence-corrected chi connectivity index (χ4v) is 5.31. The quantitative estimate of drug-likeness (QED) is 0.252. The zero-order valence-corrected chi connectivity index (χ0v) is 22.6. The zero-order chi connectivity index (χ0) is 27.5. The molecule has 0 aliphatic rings. The second-order valence-electron chi connectivity index (χ2n) is 9.43. The lowest BCUT2D eigenvalue weighted by Crippen LogP contribution is -1.95. The van der Waals surface area contributed by atoms with Crippen LogP contribution in [-0.4, -0.2) is 14.7 Å².